The lowest BCUT2D eigenvalue weighted by Crippen LogP contribution is -1.98. The maximum atomic E-state index is 10.3. The van der Waals surface area contributed by atoms with Crippen LogP contribution in [0.2, 0.25) is 0 Å². The molecule has 0 saturated carbocycles. The highest BCUT2D eigenvalue weighted by Crippen LogP contribution is 2.09. The minimum atomic E-state index is -0.952. The van der Waals surface area contributed by atoms with Gasteiger partial charge in [-0.1, -0.05) is 24.3 Å². The van der Waals surface area contributed by atoms with Crippen LogP contribution in [0.3, 0.4) is 0 Å². The predicted molar refractivity (Wildman–Crippen MR) is 51.0 cm³/mol. The van der Waals surface area contributed by atoms with Crippen molar-refractivity contribution in [2.75, 3.05) is 0 Å². The molecule has 0 spiro atoms. The van der Waals surface area contributed by atoms with Crippen molar-refractivity contribution in [2.24, 2.45) is 5.73 Å². The van der Waals surface area contributed by atoms with Crippen molar-refractivity contribution in [1.29, 1.82) is 0 Å². The van der Waals surface area contributed by atoms with Gasteiger partial charge in [-0.05, 0) is 17.2 Å². The third-order valence-electron chi connectivity index (χ3n) is 1.68. The van der Waals surface area contributed by atoms with Gasteiger partial charge in [-0.2, -0.15) is 0 Å². The highest BCUT2D eigenvalue weighted by atomic mass is 16.4. The van der Waals surface area contributed by atoms with Crippen molar-refractivity contribution in [3.05, 3.63) is 41.5 Å². The van der Waals surface area contributed by atoms with Crippen LogP contribution in [0.5, 0.6) is 0 Å². The number of aliphatic carboxylic acids is 1. The number of rotatable bonds is 3. The number of hydrogen-bond donors (Lipinski definition) is 2. The van der Waals surface area contributed by atoms with E-state index in [0.29, 0.717) is 6.54 Å². The maximum absolute atomic E-state index is 10.3. The summed E-state index contributed by atoms with van der Waals surface area (Å²) in [6, 6.07) is 7.43. The Morgan fingerprint density at radius 1 is 1.46 bits per heavy atom. The molecule has 0 aromatic heterocycles. The Labute approximate surface area is 76.5 Å². The molecular weight excluding hydrogens is 166 g/mol. The fourth-order valence-corrected chi connectivity index (χ4v) is 1.04. The zero-order valence-electron chi connectivity index (χ0n) is 7.10. The average molecular weight is 177 g/mol. The van der Waals surface area contributed by atoms with E-state index in [9.17, 15) is 4.79 Å². The Morgan fingerprint density at radius 3 is 2.77 bits per heavy atom. The molecule has 1 aromatic carbocycles. The second-order valence-corrected chi connectivity index (χ2v) is 2.57. The summed E-state index contributed by atoms with van der Waals surface area (Å²) in [5.74, 6) is -0.952. The minimum Gasteiger partial charge on any atom is -0.478 e. The quantitative estimate of drug-likeness (QED) is 0.683. The van der Waals surface area contributed by atoms with Crippen LogP contribution in [0, 0.1) is 0 Å². The molecule has 1 rings (SSSR count). The van der Waals surface area contributed by atoms with Crippen LogP contribution in [0.25, 0.3) is 6.08 Å². The number of carboxylic acids is 1. The van der Waals surface area contributed by atoms with Crippen molar-refractivity contribution in [2.45, 2.75) is 6.54 Å². The highest BCUT2D eigenvalue weighted by Gasteiger charge is 1.95. The Kier molecular flexibility index (Phi) is 3.23. The van der Waals surface area contributed by atoms with Crippen molar-refractivity contribution < 1.29 is 9.90 Å². The van der Waals surface area contributed by atoms with Crippen LogP contribution in [0.4, 0.5) is 0 Å². The molecule has 0 bridgehead atoms. The molecule has 3 heteroatoms. The third kappa shape index (κ3) is 2.72. The molecule has 0 atom stereocenters. The molecule has 0 amide bonds. The minimum absolute atomic E-state index is 0.417. The van der Waals surface area contributed by atoms with E-state index in [1.54, 1.807) is 6.08 Å². The Balaban J connectivity index is 2.93. The molecule has 0 unspecified atom stereocenters. The fourth-order valence-electron chi connectivity index (χ4n) is 1.04. The van der Waals surface area contributed by atoms with Crippen LogP contribution < -0.4 is 5.73 Å². The van der Waals surface area contributed by atoms with Gasteiger partial charge in [0.05, 0.1) is 0 Å². The van der Waals surface area contributed by atoms with Gasteiger partial charge in [0.25, 0.3) is 0 Å². The topological polar surface area (TPSA) is 63.3 Å². The van der Waals surface area contributed by atoms with Crippen molar-refractivity contribution in [3.63, 3.8) is 0 Å². The molecule has 0 aliphatic rings. The van der Waals surface area contributed by atoms with Crippen LogP contribution in [-0.4, -0.2) is 11.1 Å². The monoisotopic (exact) mass is 177 g/mol. The zero-order valence-corrected chi connectivity index (χ0v) is 7.10. The summed E-state index contributed by atoms with van der Waals surface area (Å²) in [5.41, 5.74) is 7.27. The first-order chi connectivity index (χ1) is 6.24. The number of nitrogens with two attached hydrogens (primary N) is 1. The van der Waals surface area contributed by atoms with Gasteiger partial charge in [-0.15, -0.1) is 0 Å². The van der Waals surface area contributed by atoms with Gasteiger partial charge in [0.1, 0.15) is 0 Å². The van der Waals surface area contributed by atoms with E-state index < -0.39 is 5.97 Å². The average Bonchev–Trinajstić information content (AvgIpc) is 2.15. The molecule has 13 heavy (non-hydrogen) atoms. The van der Waals surface area contributed by atoms with E-state index in [4.69, 9.17) is 10.8 Å². The van der Waals surface area contributed by atoms with Gasteiger partial charge in [0.15, 0.2) is 0 Å². The van der Waals surface area contributed by atoms with Crippen LogP contribution in [0.1, 0.15) is 11.1 Å². The zero-order chi connectivity index (χ0) is 9.68. The van der Waals surface area contributed by atoms with Gasteiger partial charge in [-0.3, -0.25) is 0 Å². The van der Waals surface area contributed by atoms with Gasteiger partial charge >= 0.3 is 5.97 Å². The first-order valence-electron chi connectivity index (χ1n) is 3.93. The summed E-state index contributed by atoms with van der Waals surface area (Å²) in [7, 11) is 0. The second-order valence-electron chi connectivity index (χ2n) is 2.57. The first kappa shape index (κ1) is 9.48. The number of benzene rings is 1. The molecule has 68 valence electrons. The van der Waals surface area contributed by atoms with E-state index >= 15 is 0 Å². The second kappa shape index (κ2) is 4.42. The normalized spacial score (nSPS) is 10.5. The van der Waals surface area contributed by atoms with E-state index in [2.05, 4.69) is 0 Å². The van der Waals surface area contributed by atoms with Gasteiger partial charge < -0.3 is 10.8 Å². The molecule has 0 saturated heterocycles. The Hall–Kier alpha value is -1.61. The molecular formula is C10H11NO2. The molecule has 0 aliphatic heterocycles. The lowest BCUT2D eigenvalue weighted by molar-refractivity contribution is -0.131. The van der Waals surface area contributed by atoms with Gasteiger partial charge in [0.2, 0.25) is 0 Å². The summed E-state index contributed by atoms with van der Waals surface area (Å²) in [5, 5.41) is 8.42. The smallest absolute Gasteiger partial charge is 0.328 e. The number of hydrogen-bond acceptors (Lipinski definition) is 2. The predicted octanol–water partition coefficient (Wildman–Crippen LogP) is 1.24. The van der Waals surface area contributed by atoms with Gasteiger partial charge in [0, 0.05) is 12.6 Å². The number of carboxylic acid groups (broad SMARTS) is 1. The highest BCUT2D eigenvalue weighted by molar-refractivity contribution is 5.85. The molecule has 0 aliphatic carbocycles. The first-order valence-corrected chi connectivity index (χ1v) is 3.93. The maximum Gasteiger partial charge on any atom is 0.328 e. The molecule has 0 fully saturated rings. The van der Waals surface area contributed by atoms with Crippen LogP contribution >= 0.6 is 0 Å². The largest absolute Gasteiger partial charge is 0.478 e. The fraction of sp³-hybridized carbons (Fsp3) is 0.100. The molecule has 0 radical (unpaired) electrons. The SMILES string of the molecule is NCc1ccccc1/C=C/C(=O)O. The van der Waals surface area contributed by atoms with Crippen LogP contribution in [-0.2, 0) is 11.3 Å². The molecule has 1 aromatic rings. The lowest BCUT2D eigenvalue weighted by atomic mass is 10.1. The van der Waals surface area contributed by atoms with Gasteiger partial charge in [-0.25, -0.2) is 4.79 Å². The number of carbonyl (C=O) groups is 1. The summed E-state index contributed by atoms with van der Waals surface area (Å²) in [6.45, 7) is 0.417. The standard InChI is InChI=1S/C10H11NO2/c11-7-9-4-2-1-3-8(9)5-6-10(12)13/h1-6H,7,11H2,(H,12,13)/b6-5+. The summed E-state index contributed by atoms with van der Waals surface area (Å²) in [4.78, 5) is 10.3. The third-order valence-corrected chi connectivity index (χ3v) is 1.68. The van der Waals surface area contributed by atoms with E-state index in [-0.39, 0.29) is 0 Å². The lowest BCUT2D eigenvalue weighted by Gasteiger charge is -2.00. The summed E-state index contributed by atoms with van der Waals surface area (Å²) < 4.78 is 0. The summed E-state index contributed by atoms with van der Waals surface area (Å²) >= 11 is 0. The van der Waals surface area contributed by atoms with Crippen molar-refractivity contribution in [1.82, 2.24) is 0 Å². The molecule has 0 heterocycles. The summed E-state index contributed by atoms with van der Waals surface area (Å²) in [6.07, 6.45) is 2.65. The Bertz CT molecular complexity index is 331. The van der Waals surface area contributed by atoms with Crippen molar-refractivity contribution in [3.8, 4) is 0 Å². The van der Waals surface area contributed by atoms with E-state index in [1.165, 1.54) is 0 Å². The Morgan fingerprint density at radius 2 is 2.15 bits per heavy atom. The van der Waals surface area contributed by atoms with E-state index in [0.717, 1.165) is 17.2 Å². The van der Waals surface area contributed by atoms with Crippen molar-refractivity contribution >= 4 is 12.0 Å². The van der Waals surface area contributed by atoms with E-state index in [1.807, 2.05) is 24.3 Å². The van der Waals surface area contributed by atoms with Crippen LogP contribution in [0.15, 0.2) is 30.3 Å². The molecule has 3 nitrogen and oxygen atoms in total. The molecule has 3 N–H and O–H groups in total.